The van der Waals surface area contributed by atoms with Crippen LogP contribution in [0, 0.1) is 0 Å². The molecular formula is C10H21N3O2. The van der Waals surface area contributed by atoms with Crippen molar-refractivity contribution in [2.75, 3.05) is 26.3 Å². The summed E-state index contributed by atoms with van der Waals surface area (Å²) in [7, 11) is 0. The van der Waals surface area contributed by atoms with Crippen LogP contribution < -0.4 is 11.3 Å². The van der Waals surface area contributed by atoms with Gasteiger partial charge in [-0.2, -0.15) is 0 Å². The zero-order valence-corrected chi connectivity index (χ0v) is 9.58. The molecule has 0 unspecified atom stereocenters. The van der Waals surface area contributed by atoms with Crippen molar-refractivity contribution in [1.82, 2.24) is 10.3 Å². The predicted molar refractivity (Wildman–Crippen MR) is 58.0 cm³/mol. The number of rotatable bonds is 4. The highest BCUT2D eigenvalue weighted by Crippen LogP contribution is 2.19. The van der Waals surface area contributed by atoms with E-state index in [9.17, 15) is 4.79 Å². The number of morpholine rings is 1. The van der Waals surface area contributed by atoms with Gasteiger partial charge in [0, 0.05) is 18.5 Å². The Morgan fingerprint density at radius 1 is 1.60 bits per heavy atom. The van der Waals surface area contributed by atoms with Gasteiger partial charge in [-0.05, 0) is 26.8 Å². The SMILES string of the molecule is CC1(C)COCCN1CCCC(=O)NN. The minimum atomic E-state index is -0.0962. The standard InChI is InChI=1S/C10H21N3O2/c1-10(2)8-15-7-6-13(10)5-3-4-9(14)12-11/h3-8,11H2,1-2H3,(H,12,14). The van der Waals surface area contributed by atoms with Crippen LogP contribution in [0.4, 0.5) is 0 Å². The van der Waals surface area contributed by atoms with Crippen molar-refractivity contribution >= 4 is 5.91 Å². The topological polar surface area (TPSA) is 67.6 Å². The van der Waals surface area contributed by atoms with E-state index in [0.717, 1.165) is 32.7 Å². The van der Waals surface area contributed by atoms with Crippen molar-refractivity contribution < 1.29 is 9.53 Å². The number of hydrogen-bond acceptors (Lipinski definition) is 4. The van der Waals surface area contributed by atoms with Crippen molar-refractivity contribution in [2.24, 2.45) is 5.84 Å². The monoisotopic (exact) mass is 215 g/mol. The highest BCUT2D eigenvalue weighted by atomic mass is 16.5. The summed E-state index contributed by atoms with van der Waals surface area (Å²) in [6.07, 6.45) is 1.33. The van der Waals surface area contributed by atoms with Gasteiger partial charge in [-0.25, -0.2) is 5.84 Å². The summed E-state index contributed by atoms with van der Waals surface area (Å²) in [6.45, 7) is 7.73. The lowest BCUT2D eigenvalue weighted by Crippen LogP contribution is -2.53. The molecule has 0 bridgehead atoms. The van der Waals surface area contributed by atoms with E-state index < -0.39 is 0 Å². The summed E-state index contributed by atoms with van der Waals surface area (Å²) >= 11 is 0. The van der Waals surface area contributed by atoms with E-state index >= 15 is 0 Å². The quantitative estimate of drug-likeness (QED) is 0.389. The lowest BCUT2D eigenvalue weighted by molar-refractivity contribution is -0.121. The zero-order chi connectivity index (χ0) is 11.3. The molecule has 1 aliphatic heterocycles. The maximum atomic E-state index is 10.9. The average molecular weight is 215 g/mol. The molecule has 0 spiro atoms. The smallest absolute Gasteiger partial charge is 0.233 e. The number of nitrogens with zero attached hydrogens (tertiary/aromatic N) is 1. The molecule has 88 valence electrons. The van der Waals surface area contributed by atoms with Crippen molar-refractivity contribution in [3.05, 3.63) is 0 Å². The minimum absolute atomic E-state index is 0.0808. The van der Waals surface area contributed by atoms with Crippen molar-refractivity contribution in [1.29, 1.82) is 0 Å². The largest absolute Gasteiger partial charge is 0.378 e. The first-order valence-electron chi connectivity index (χ1n) is 5.38. The van der Waals surface area contributed by atoms with E-state index in [2.05, 4.69) is 24.2 Å². The van der Waals surface area contributed by atoms with Gasteiger partial charge in [0.2, 0.25) is 5.91 Å². The summed E-state index contributed by atoms with van der Waals surface area (Å²) in [5.74, 6) is 4.92. The van der Waals surface area contributed by atoms with Gasteiger partial charge in [-0.15, -0.1) is 0 Å². The summed E-state index contributed by atoms with van der Waals surface area (Å²) in [5.41, 5.74) is 2.22. The highest BCUT2D eigenvalue weighted by molar-refractivity contribution is 5.75. The van der Waals surface area contributed by atoms with Crippen LogP contribution in [0.15, 0.2) is 0 Å². The van der Waals surface area contributed by atoms with Gasteiger partial charge in [-0.3, -0.25) is 15.1 Å². The Labute approximate surface area is 90.9 Å². The van der Waals surface area contributed by atoms with Crippen LogP contribution in [-0.2, 0) is 9.53 Å². The zero-order valence-electron chi connectivity index (χ0n) is 9.58. The Morgan fingerprint density at radius 3 is 2.93 bits per heavy atom. The number of hydrogen-bond donors (Lipinski definition) is 2. The Kier molecular flexibility index (Phi) is 4.50. The molecule has 0 aromatic rings. The lowest BCUT2D eigenvalue weighted by Gasteiger charge is -2.42. The highest BCUT2D eigenvalue weighted by Gasteiger charge is 2.29. The third-order valence-electron chi connectivity index (χ3n) is 2.81. The van der Waals surface area contributed by atoms with Crippen molar-refractivity contribution in [3.63, 3.8) is 0 Å². The molecule has 5 heteroatoms. The minimum Gasteiger partial charge on any atom is -0.378 e. The normalized spacial score (nSPS) is 21.3. The first kappa shape index (κ1) is 12.4. The summed E-state index contributed by atoms with van der Waals surface area (Å²) in [4.78, 5) is 13.3. The van der Waals surface area contributed by atoms with Gasteiger partial charge in [0.1, 0.15) is 0 Å². The van der Waals surface area contributed by atoms with Gasteiger partial charge in [0.25, 0.3) is 0 Å². The molecule has 1 heterocycles. The van der Waals surface area contributed by atoms with E-state index in [-0.39, 0.29) is 11.4 Å². The number of hydrazine groups is 1. The van der Waals surface area contributed by atoms with Crippen LogP contribution in [0.25, 0.3) is 0 Å². The molecule has 1 fully saturated rings. The van der Waals surface area contributed by atoms with Gasteiger partial charge < -0.3 is 4.74 Å². The van der Waals surface area contributed by atoms with Crippen LogP contribution in [0.1, 0.15) is 26.7 Å². The van der Waals surface area contributed by atoms with E-state index in [1.54, 1.807) is 0 Å². The Morgan fingerprint density at radius 2 is 2.33 bits per heavy atom. The second-order valence-electron chi connectivity index (χ2n) is 4.52. The van der Waals surface area contributed by atoms with E-state index in [4.69, 9.17) is 10.6 Å². The van der Waals surface area contributed by atoms with Gasteiger partial charge in [0.15, 0.2) is 0 Å². The maximum absolute atomic E-state index is 10.9. The van der Waals surface area contributed by atoms with Gasteiger partial charge >= 0.3 is 0 Å². The summed E-state index contributed by atoms with van der Waals surface area (Å²) in [5, 5.41) is 0. The number of nitrogens with two attached hydrogens (primary N) is 1. The molecule has 5 nitrogen and oxygen atoms in total. The van der Waals surface area contributed by atoms with Crippen LogP contribution in [0.5, 0.6) is 0 Å². The van der Waals surface area contributed by atoms with Crippen molar-refractivity contribution in [2.45, 2.75) is 32.2 Å². The van der Waals surface area contributed by atoms with E-state index in [1.807, 2.05) is 0 Å². The second-order valence-corrected chi connectivity index (χ2v) is 4.52. The van der Waals surface area contributed by atoms with Crippen LogP contribution in [0.3, 0.4) is 0 Å². The fraction of sp³-hybridized carbons (Fsp3) is 0.900. The Bertz CT molecular complexity index is 219. The number of nitrogens with one attached hydrogen (secondary N) is 1. The molecule has 3 N–H and O–H groups in total. The van der Waals surface area contributed by atoms with Crippen LogP contribution >= 0.6 is 0 Å². The Hall–Kier alpha value is -0.650. The summed E-state index contributed by atoms with van der Waals surface area (Å²) in [6, 6.07) is 0. The molecule has 1 rings (SSSR count). The average Bonchev–Trinajstić information content (AvgIpc) is 2.20. The van der Waals surface area contributed by atoms with E-state index in [1.165, 1.54) is 0 Å². The Balaban J connectivity index is 2.27. The van der Waals surface area contributed by atoms with E-state index in [0.29, 0.717) is 6.42 Å². The molecule has 0 aromatic heterocycles. The third-order valence-corrected chi connectivity index (χ3v) is 2.81. The lowest BCUT2D eigenvalue weighted by atomic mass is 10.0. The maximum Gasteiger partial charge on any atom is 0.233 e. The molecule has 0 saturated carbocycles. The first-order chi connectivity index (χ1) is 7.06. The summed E-state index contributed by atoms with van der Waals surface area (Å²) < 4.78 is 5.42. The number of ether oxygens (including phenoxy) is 1. The first-order valence-corrected chi connectivity index (χ1v) is 5.38. The predicted octanol–water partition coefficient (Wildman–Crippen LogP) is -0.133. The number of carbonyl (C=O) groups excluding carboxylic acids is 1. The second kappa shape index (κ2) is 5.44. The molecule has 0 atom stereocenters. The molecule has 1 amide bonds. The molecule has 0 radical (unpaired) electrons. The number of carbonyl (C=O) groups is 1. The molecule has 15 heavy (non-hydrogen) atoms. The van der Waals surface area contributed by atoms with Crippen molar-refractivity contribution in [3.8, 4) is 0 Å². The number of amides is 1. The fourth-order valence-corrected chi connectivity index (χ4v) is 1.81. The molecular weight excluding hydrogens is 194 g/mol. The fourth-order valence-electron chi connectivity index (χ4n) is 1.81. The molecule has 0 aromatic carbocycles. The van der Waals surface area contributed by atoms with Crippen LogP contribution in [-0.4, -0.2) is 42.6 Å². The molecule has 1 saturated heterocycles. The third kappa shape index (κ3) is 3.77. The van der Waals surface area contributed by atoms with Gasteiger partial charge in [-0.1, -0.05) is 0 Å². The molecule has 0 aliphatic carbocycles. The van der Waals surface area contributed by atoms with Crippen LogP contribution in [0.2, 0.25) is 0 Å². The molecule has 1 aliphatic rings. The van der Waals surface area contributed by atoms with Gasteiger partial charge in [0.05, 0.1) is 13.2 Å².